The van der Waals surface area contributed by atoms with Gasteiger partial charge in [-0.15, -0.1) is 0 Å². The number of fused-ring (bicyclic) bond motifs is 1. The van der Waals surface area contributed by atoms with E-state index in [0.717, 1.165) is 25.7 Å². The van der Waals surface area contributed by atoms with Crippen LogP contribution in [0.1, 0.15) is 65.2 Å². The molecule has 0 aromatic rings. The Morgan fingerprint density at radius 3 is 2.74 bits per heavy atom. The summed E-state index contributed by atoms with van der Waals surface area (Å²) >= 11 is 0. The van der Waals surface area contributed by atoms with Crippen LogP contribution in [-0.2, 0) is 0 Å². The van der Waals surface area contributed by atoms with Gasteiger partial charge in [-0.3, -0.25) is 0 Å². The molecule has 2 heteroatoms. The number of aliphatic hydroxyl groups is 2. The molecule has 2 nitrogen and oxygen atoms in total. The molecule has 5 atom stereocenters. The third-order valence-electron chi connectivity index (χ3n) is 6.81. The fraction of sp³-hybridized carbons (Fsp3) is 0.714. The maximum absolute atomic E-state index is 10.2. The van der Waals surface area contributed by atoms with Crippen molar-refractivity contribution in [1.29, 1.82) is 0 Å². The van der Waals surface area contributed by atoms with Crippen molar-refractivity contribution >= 4 is 0 Å². The van der Waals surface area contributed by atoms with E-state index < -0.39 is 0 Å². The van der Waals surface area contributed by atoms with Crippen LogP contribution in [-0.4, -0.2) is 22.4 Å². The third kappa shape index (κ3) is 3.21. The first-order chi connectivity index (χ1) is 10.9. The van der Waals surface area contributed by atoms with Gasteiger partial charge in [0.25, 0.3) is 0 Å². The second-order valence-electron chi connectivity index (χ2n) is 8.27. The van der Waals surface area contributed by atoms with Crippen LogP contribution in [0.3, 0.4) is 0 Å². The Kier molecular flexibility index (Phi) is 4.85. The summed E-state index contributed by atoms with van der Waals surface area (Å²) in [5.74, 6) is 1.06. The molecule has 0 unspecified atom stereocenters. The predicted molar refractivity (Wildman–Crippen MR) is 95.0 cm³/mol. The highest BCUT2D eigenvalue weighted by Crippen LogP contribution is 2.58. The van der Waals surface area contributed by atoms with Crippen LogP contribution in [0, 0.1) is 17.3 Å². The Morgan fingerprint density at radius 2 is 2.00 bits per heavy atom. The zero-order chi connectivity index (χ0) is 16.6. The van der Waals surface area contributed by atoms with E-state index in [1.807, 2.05) is 6.92 Å². The summed E-state index contributed by atoms with van der Waals surface area (Å²) < 4.78 is 0. The van der Waals surface area contributed by atoms with E-state index in [4.69, 9.17) is 0 Å². The maximum Gasteiger partial charge on any atom is 0.0583 e. The molecule has 0 aromatic heterocycles. The molecule has 3 saturated carbocycles. The van der Waals surface area contributed by atoms with Gasteiger partial charge in [0.2, 0.25) is 0 Å². The van der Waals surface area contributed by atoms with E-state index in [1.165, 1.54) is 36.8 Å². The average Bonchev–Trinajstić information content (AvgIpc) is 2.86. The van der Waals surface area contributed by atoms with E-state index in [2.05, 4.69) is 25.7 Å². The lowest BCUT2D eigenvalue weighted by Gasteiger charge is -2.43. The van der Waals surface area contributed by atoms with E-state index in [-0.39, 0.29) is 17.6 Å². The summed E-state index contributed by atoms with van der Waals surface area (Å²) in [6, 6.07) is 0. The van der Waals surface area contributed by atoms with Crippen molar-refractivity contribution in [2.75, 3.05) is 0 Å². The minimum absolute atomic E-state index is 0.198. The van der Waals surface area contributed by atoms with Crippen molar-refractivity contribution in [3.63, 3.8) is 0 Å². The van der Waals surface area contributed by atoms with E-state index in [1.54, 1.807) is 5.57 Å². The lowest BCUT2D eigenvalue weighted by Crippen LogP contribution is -2.37. The monoisotopic (exact) mass is 316 g/mol. The molecule has 3 fully saturated rings. The van der Waals surface area contributed by atoms with Crippen molar-refractivity contribution in [3.8, 4) is 0 Å². The first-order valence-corrected chi connectivity index (χ1v) is 9.35. The highest BCUT2D eigenvalue weighted by molar-refractivity contribution is 5.36. The Bertz CT molecular complexity index is 528. The topological polar surface area (TPSA) is 40.5 Å². The fourth-order valence-corrected chi connectivity index (χ4v) is 5.47. The van der Waals surface area contributed by atoms with E-state index in [0.29, 0.717) is 11.8 Å². The summed E-state index contributed by atoms with van der Waals surface area (Å²) in [4.78, 5) is 0. The lowest BCUT2D eigenvalue weighted by atomic mass is 9.62. The number of rotatable bonds is 2. The van der Waals surface area contributed by atoms with Gasteiger partial charge >= 0.3 is 0 Å². The summed E-state index contributed by atoms with van der Waals surface area (Å²) in [7, 11) is 0. The Labute approximate surface area is 141 Å². The Morgan fingerprint density at radius 1 is 1.22 bits per heavy atom. The zero-order valence-electron chi connectivity index (χ0n) is 14.7. The third-order valence-corrected chi connectivity index (χ3v) is 6.81. The average molecular weight is 316 g/mol. The molecule has 0 aromatic carbocycles. The summed E-state index contributed by atoms with van der Waals surface area (Å²) in [6.45, 7) is 8.53. The smallest absolute Gasteiger partial charge is 0.0583 e. The van der Waals surface area contributed by atoms with Crippen LogP contribution in [0.2, 0.25) is 0 Å². The van der Waals surface area contributed by atoms with Gasteiger partial charge in [0.15, 0.2) is 0 Å². The van der Waals surface area contributed by atoms with Crippen molar-refractivity contribution in [3.05, 3.63) is 35.5 Å². The van der Waals surface area contributed by atoms with Crippen molar-refractivity contribution < 1.29 is 10.2 Å². The number of allylic oxidation sites excluding steroid dienone is 4. The van der Waals surface area contributed by atoms with Gasteiger partial charge in [0, 0.05) is 0 Å². The molecule has 2 N–H and O–H groups in total. The van der Waals surface area contributed by atoms with Gasteiger partial charge < -0.3 is 10.2 Å². The summed E-state index contributed by atoms with van der Waals surface area (Å²) in [5, 5.41) is 20.1. The van der Waals surface area contributed by atoms with Crippen LogP contribution < -0.4 is 0 Å². The molecule has 0 saturated heterocycles. The molecule has 0 aliphatic heterocycles. The molecule has 128 valence electrons. The minimum atomic E-state index is -0.201. The van der Waals surface area contributed by atoms with Crippen LogP contribution in [0.25, 0.3) is 0 Å². The second-order valence-corrected chi connectivity index (χ2v) is 8.27. The molecule has 0 spiro atoms. The molecule has 3 aliphatic carbocycles. The molecule has 0 heterocycles. The van der Waals surface area contributed by atoms with Crippen molar-refractivity contribution in [1.82, 2.24) is 0 Å². The van der Waals surface area contributed by atoms with Crippen LogP contribution in [0.15, 0.2) is 35.5 Å². The Balaban J connectivity index is 1.81. The van der Waals surface area contributed by atoms with Gasteiger partial charge in [-0.2, -0.15) is 0 Å². The molecular weight excluding hydrogens is 284 g/mol. The summed E-state index contributed by atoms with van der Waals surface area (Å²) in [6.07, 6.45) is 12.7. The quantitative estimate of drug-likeness (QED) is 0.785. The Hall–Kier alpha value is -0.860. The number of hydrogen-bond donors (Lipinski definition) is 2. The van der Waals surface area contributed by atoms with E-state index >= 15 is 0 Å². The van der Waals surface area contributed by atoms with Crippen molar-refractivity contribution in [2.45, 2.75) is 77.4 Å². The van der Waals surface area contributed by atoms with Crippen LogP contribution >= 0.6 is 0 Å². The fourth-order valence-electron chi connectivity index (χ4n) is 5.47. The lowest BCUT2D eigenvalue weighted by molar-refractivity contribution is 0.0302. The second kappa shape index (κ2) is 6.57. The molecular formula is C21H32O2. The molecule has 3 aliphatic rings. The van der Waals surface area contributed by atoms with Gasteiger partial charge in [0.05, 0.1) is 12.2 Å². The zero-order valence-corrected chi connectivity index (χ0v) is 14.7. The first-order valence-electron chi connectivity index (χ1n) is 9.35. The molecule has 3 rings (SSSR count). The SMILES string of the molecule is C=C1CC[C@H](O)C/C1=C/C=C1\CCC[C@]2(C)[C@@H]([C@H](C)O)CC[C@@H]12. The first kappa shape index (κ1) is 17.0. The molecule has 0 amide bonds. The molecule has 23 heavy (non-hydrogen) atoms. The van der Waals surface area contributed by atoms with Gasteiger partial charge in [0.1, 0.15) is 0 Å². The van der Waals surface area contributed by atoms with Crippen LogP contribution in [0.5, 0.6) is 0 Å². The summed E-state index contributed by atoms with van der Waals surface area (Å²) in [5.41, 5.74) is 4.25. The standard InChI is InChI=1S/C21H32O2/c1-14-6-9-18(23)13-17(14)8-7-16-5-4-12-21(3)19(15(2)22)10-11-20(16)21/h7-8,15,18-20,22-23H,1,4-6,9-13H2,2-3H3/b16-7+,17-8-/t15-,18-,19+,20-,21+/m0/s1. The maximum atomic E-state index is 10.2. The molecule has 0 radical (unpaired) electrons. The highest BCUT2D eigenvalue weighted by Gasteiger charge is 2.50. The predicted octanol–water partition coefficient (Wildman–Crippen LogP) is 4.54. The minimum Gasteiger partial charge on any atom is -0.393 e. The number of hydrogen-bond acceptors (Lipinski definition) is 2. The number of aliphatic hydroxyl groups excluding tert-OH is 2. The van der Waals surface area contributed by atoms with Crippen molar-refractivity contribution in [2.24, 2.45) is 17.3 Å². The van der Waals surface area contributed by atoms with Gasteiger partial charge in [-0.25, -0.2) is 0 Å². The van der Waals surface area contributed by atoms with Gasteiger partial charge in [-0.1, -0.05) is 36.8 Å². The normalized spacial score (nSPS) is 43.0. The van der Waals surface area contributed by atoms with Crippen LogP contribution in [0.4, 0.5) is 0 Å². The highest BCUT2D eigenvalue weighted by atomic mass is 16.3. The van der Waals surface area contributed by atoms with E-state index in [9.17, 15) is 10.2 Å². The largest absolute Gasteiger partial charge is 0.393 e. The van der Waals surface area contributed by atoms with Gasteiger partial charge in [-0.05, 0) is 81.1 Å². The molecule has 0 bridgehead atoms.